The summed E-state index contributed by atoms with van der Waals surface area (Å²) in [4.78, 5) is 39.1. The Morgan fingerprint density at radius 1 is 1.03 bits per heavy atom. The maximum atomic E-state index is 13.3. The van der Waals surface area contributed by atoms with Gasteiger partial charge in [0.05, 0.1) is 25.4 Å². The van der Waals surface area contributed by atoms with Gasteiger partial charge in [-0.25, -0.2) is 9.36 Å². The van der Waals surface area contributed by atoms with Crippen molar-refractivity contribution in [3.8, 4) is 17.2 Å². The molecule has 0 fully saturated rings. The predicted molar refractivity (Wildman–Crippen MR) is 133 cm³/mol. The third kappa shape index (κ3) is 4.60. The molecule has 1 N–H and O–H groups in total. The molecule has 2 heterocycles. The van der Waals surface area contributed by atoms with E-state index >= 15 is 0 Å². The maximum Gasteiger partial charge on any atom is 0.336 e. The van der Waals surface area contributed by atoms with E-state index in [1.165, 1.54) is 15.9 Å². The van der Waals surface area contributed by atoms with Gasteiger partial charge in [0, 0.05) is 6.54 Å². The smallest absolute Gasteiger partial charge is 0.336 e. The molecule has 0 aliphatic rings. The summed E-state index contributed by atoms with van der Waals surface area (Å²) in [7, 11) is 3.15. The van der Waals surface area contributed by atoms with Gasteiger partial charge in [0.25, 0.3) is 5.56 Å². The highest BCUT2D eigenvalue weighted by Gasteiger charge is 2.17. The lowest BCUT2D eigenvalue weighted by Gasteiger charge is -2.13. The van der Waals surface area contributed by atoms with Crippen molar-refractivity contribution in [1.82, 2.24) is 14.5 Å². The Kier molecular flexibility index (Phi) is 6.83. The zero-order valence-electron chi connectivity index (χ0n) is 19.2. The summed E-state index contributed by atoms with van der Waals surface area (Å²) in [5, 5.41) is 4.61. The fraction of sp³-hybridized carbons (Fsp3) is 0.240. The Bertz CT molecular complexity index is 1470. The van der Waals surface area contributed by atoms with Crippen molar-refractivity contribution in [3.05, 3.63) is 85.9 Å². The van der Waals surface area contributed by atoms with Crippen molar-refractivity contribution in [2.75, 3.05) is 20.8 Å². The zero-order chi connectivity index (χ0) is 24.2. The molecule has 176 valence electrons. The first-order valence-electron chi connectivity index (χ1n) is 10.7. The molecule has 0 aliphatic carbocycles. The van der Waals surface area contributed by atoms with Gasteiger partial charge in [-0.2, -0.15) is 0 Å². The molecule has 0 aliphatic heterocycles. The second kappa shape index (κ2) is 9.96. The fourth-order valence-corrected chi connectivity index (χ4v) is 4.64. The number of rotatable bonds is 8. The van der Waals surface area contributed by atoms with Crippen LogP contribution in [0.15, 0.2) is 63.5 Å². The minimum atomic E-state index is -0.545. The highest BCUT2D eigenvalue weighted by atomic mass is 32.1. The van der Waals surface area contributed by atoms with Gasteiger partial charge in [0.1, 0.15) is 11.2 Å². The molecular weight excluding hydrogens is 454 g/mol. The second-order valence-electron chi connectivity index (χ2n) is 7.77. The average molecular weight is 480 g/mol. The first kappa shape index (κ1) is 23.3. The Labute approximate surface area is 200 Å². The number of carbonyl (C=O) groups is 1. The molecule has 34 heavy (non-hydrogen) atoms. The Hall–Kier alpha value is -3.85. The van der Waals surface area contributed by atoms with Crippen molar-refractivity contribution in [3.63, 3.8) is 0 Å². The molecule has 0 unspecified atom stereocenters. The number of methoxy groups -OCH3 is 2. The number of aromatic nitrogens is 2. The summed E-state index contributed by atoms with van der Waals surface area (Å²) in [5.41, 5.74) is 1.91. The summed E-state index contributed by atoms with van der Waals surface area (Å²) in [6, 6.07) is 14.5. The number of nitrogens with one attached hydrogen (secondary N) is 1. The van der Waals surface area contributed by atoms with Gasteiger partial charge >= 0.3 is 5.69 Å². The second-order valence-corrected chi connectivity index (χ2v) is 8.69. The Morgan fingerprint density at radius 2 is 1.82 bits per heavy atom. The lowest BCUT2D eigenvalue weighted by atomic mass is 10.1. The number of hydrogen-bond donors (Lipinski definition) is 1. The van der Waals surface area contributed by atoms with Crippen LogP contribution in [0.25, 0.3) is 15.9 Å². The zero-order valence-corrected chi connectivity index (χ0v) is 20.0. The number of carbonyl (C=O) groups excluding carboxylic acids is 1. The average Bonchev–Trinajstić information content (AvgIpc) is 3.32. The molecule has 0 saturated carbocycles. The summed E-state index contributed by atoms with van der Waals surface area (Å²) < 4.78 is 13.5. The van der Waals surface area contributed by atoms with Crippen LogP contribution in [0.3, 0.4) is 0 Å². The predicted octanol–water partition coefficient (Wildman–Crippen LogP) is 2.90. The summed E-state index contributed by atoms with van der Waals surface area (Å²) >= 11 is 1.25. The minimum Gasteiger partial charge on any atom is -0.493 e. The molecule has 1 amide bonds. The quantitative estimate of drug-likeness (QED) is 0.420. The van der Waals surface area contributed by atoms with E-state index in [0.717, 1.165) is 15.7 Å². The van der Waals surface area contributed by atoms with E-state index in [2.05, 4.69) is 5.32 Å². The Morgan fingerprint density at radius 3 is 2.56 bits per heavy atom. The van der Waals surface area contributed by atoms with Crippen LogP contribution in [0.1, 0.15) is 11.1 Å². The van der Waals surface area contributed by atoms with Crippen LogP contribution in [0.5, 0.6) is 11.5 Å². The van der Waals surface area contributed by atoms with Gasteiger partial charge in [-0.05, 0) is 60.2 Å². The van der Waals surface area contributed by atoms with Crippen molar-refractivity contribution in [2.45, 2.75) is 19.9 Å². The molecule has 8 nitrogen and oxygen atoms in total. The molecule has 0 saturated heterocycles. The summed E-state index contributed by atoms with van der Waals surface area (Å²) in [5.74, 6) is 0.943. The monoisotopic (exact) mass is 479 g/mol. The number of hydrogen-bond acceptors (Lipinski definition) is 6. The van der Waals surface area contributed by atoms with E-state index in [1.807, 2.05) is 31.2 Å². The fourth-order valence-electron chi connectivity index (χ4n) is 3.82. The number of ether oxygens (including phenoxy) is 2. The SMILES string of the molecule is COc1ccc(CCNC(=O)Cn2c(=O)n(-c3cccc(C)c3)c(=O)c3sccc32)cc1OC. The third-order valence-electron chi connectivity index (χ3n) is 5.50. The topological polar surface area (TPSA) is 91.6 Å². The maximum absolute atomic E-state index is 13.3. The van der Waals surface area contributed by atoms with E-state index in [0.29, 0.717) is 40.4 Å². The van der Waals surface area contributed by atoms with Gasteiger partial charge in [-0.15, -0.1) is 11.3 Å². The van der Waals surface area contributed by atoms with Gasteiger partial charge in [0.2, 0.25) is 5.91 Å². The van der Waals surface area contributed by atoms with Crippen LogP contribution < -0.4 is 26.0 Å². The molecule has 2 aromatic carbocycles. The lowest BCUT2D eigenvalue weighted by molar-refractivity contribution is -0.121. The normalized spacial score (nSPS) is 10.9. The molecule has 2 aromatic heterocycles. The van der Waals surface area contributed by atoms with Crippen LogP contribution in [-0.2, 0) is 17.8 Å². The highest BCUT2D eigenvalue weighted by Crippen LogP contribution is 2.27. The van der Waals surface area contributed by atoms with Crippen LogP contribution in [-0.4, -0.2) is 35.8 Å². The number of aryl methyl sites for hydroxylation is 1. The van der Waals surface area contributed by atoms with Crippen molar-refractivity contribution >= 4 is 27.5 Å². The lowest BCUT2D eigenvalue weighted by Crippen LogP contribution is -2.41. The van der Waals surface area contributed by atoms with Crippen molar-refractivity contribution in [1.29, 1.82) is 0 Å². The highest BCUT2D eigenvalue weighted by molar-refractivity contribution is 7.17. The standard InChI is InChI=1S/C25H25N3O5S/c1-16-5-4-6-18(13-16)28-24(30)23-19(10-12-34-23)27(25(28)31)15-22(29)26-11-9-17-7-8-20(32-2)21(14-17)33-3/h4-8,10,12-14H,9,11,15H2,1-3H3,(H,26,29). The molecular formula is C25H25N3O5S. The molecule has 4 aromatic rings. The van der Waals surface area contributed by atoms with Crippen LogP contribution in [0, 0.1) is 6.92 Å². The van der Waals surface area contributed by atoms with E-state index < -0.39 is 5.69 Å². The van der Waals surface area contributed by atoms with Gasteiger partial charge in [-0.3, -0.25) is 14.2 Å². The third-order valence-corrected chi connectivity index (χ3v) is 6.39. The van der Waals surface area contributed by atoms with Crippen LogP contribution in [0.2, 0.25) is 0 Å². The number of amides is 1. The molecule has 0 radical (unpaired) electrons. The number of fused-ring (bicyclic) bond motifs is 1. The van der Waals surface area contributed by atoms with Crippen LogP contribution >= 0.6 is 11.3 Å². The Balaban J connectivity index is 1.55. The molecule has 9 heteroatoms. The number of benzene rings is 2. The van der Waals surface area contributed by atoms with Gasteiger partial charge in [0.15, 0.2) is 11.5 Å². The number of thiophene rings is 1. The summed E-state index contributed by atoms with van der Waals surface area (Å²) in [6.07, 6.45) is 0.581. The first-order valence-corrected chi connectivity index (χ1v) is 11.6. The van der Waals surface area contributed by atoms with Crippen molar-refractivity contribution in [2.24, 2.45) is 0 Å². The minimum absolute atomic E-state index is 0.190. The van der Waals surface area contributed by atoms with Gasteiger partial charge in [-0.1, -0.05) is 18.2 Å². The summed E-state index contributed by atoms with van der Waals surface area (Å²) in [6.45, 7) is 2.08. The van der Waals surface area contributed by atoms with Gasteiger partial charge < -0.3 is 14.8 Å². The van der Waals surface area contributed by atoms with E-state index in [9.17, 15) is 14.4 Å². The number of nitrogens with zero attached hydrogens (tertiary/aromatic N) is 2. The van der Waals surface area contributed by atoms with Crippen LogP contribution in [0.4, 0.5) is 0 Å². The molecule has 0 spiro atoms. The van der Waals surface area contributed by atoms with E-state index in [4.69, 9.17) is 9.47 Å². The first-order chi connectivity index (χ1) is 16.4. The molecule has 0 atom stereocenters. The molecule has 0 bridgehead atoms. The molecule has 4 rings (SSSR count). The largest absolute Gasteiger partial charge is 0.493 e. The van der Waals surface area contributed by atoms with Crippen molar-refractivity contribution < 1.29 is 14.3 Å². The van der Waals surface area contributed by atoms with E-state index in [1.54, 1.807) is 43.9 Å². The van der Waals surface area contributed by atoms with E-state index in [-0.39, 0.29) is 18.0 Å².